The van der Waals surface area contributed by atoms with Gasteiger partial charge in [-0.3, -0.25) is 9.78 Å². The lowest BCUT2D eigenvalue weighted by molar-refractivity contribution is 0.0827. The van der Waals surface area contributed by atoms with Gasteiger partial charge in [0.05, 0.1) is 17.4 Å². The number of nitrogens with one attached hydrogen (secondary N) is 2. The maximum Gasteiger partial charge on any atom is 0.254 e. The van der Waals surface area contributed by atoms with Crippen molar-refractivity contribution >= 4 is 11.6 Å². The second kappa shape index (κ2) is 7.98. The number of nitrogens with zero attached hydrogens (tertiary/aromatic N) is 1. The van der Waals surface area contributed by atoms with Gasteiger partial charge in [-0.05, 0) is 25.3 Å². The molecule has 116 valence electrons. The van der Waals surface area contributed by atoms with Gasteiger partial charge in [0, 0.05) is 38.0 Å². The van der Waals surface area contributed by atoms with Gasteiger partial charge < -0.3 is 15.4 Å². The standard InChI is InChI=1S/C16H25N3O2/c1-3-7-18-14-5-8-17-11-13(14)16(20)19-10-12-6-9-21-15(12)4-2/h5,8,11-12,15H,3-4,6-7,9-10H2,1-2H3,(H,17,18)(H,19,20). The highest BCUT2D eigenvalue weighted by Gasteiger charge is 2.27. The topological polar surface area (TPSA) is 63.2 Å². The molecule has 2 heterocycles. The van der Waals surface area contributed by atoms with Gasteiger partial charge in [0.25, 0.3) is 5.91 Å². The maximum absolute atomic E-state index is 12.3. The number of ether oxygens (including phenoxy) is 1. The van der Waals surface area contributed by atoms with Gasteiger partial charge in [0.15, 0.2) is 0 Å². The number of hydrogen-bond acceptors (Lipinski definition) is 4. The van der Waals surface area contributed by atoms with Gasteiger partial charge in [-0.15, -0.1) is 0 Å². The van der Waals surface area contributed by atoms with Gasteiger partial charge in [-0.1, -0.05) is 13.8 Å². The van der Waals surface area contributed by atoms with Crippen molar-refractivity contribution < 1.29 is 9.53 Å². The van der Waals surface area contributed by atoms with E-state index < -0.39 is 0 Å². The van der Waals surface area contributed by atoms with E-state index in [1.54, 1.807) is 12.4 Å². The van der Waals surface area contributed by atoms with Crippen LogP contribution in [-0.2, 0) is 4.74 Å². The van der Waals surface area contributed by atoms with Crippen LogP contribution in [0.15, 0.2) is 18.5 Å². The van der Waals surface area contributed by atoms with Crippen LogP contribution >= 0.6 is 0 Å². The zero-order chi connectivity index (χ0) is 15.1. The Balaban J connectivity index is 1.94. The smallest absolute Gasteiger partial charge is 0.254 e. The van der Waals surface area contributed by atoms with E-state index in [0.717, 1.165) is 38.1 Å². The number of pyridine rings is 1. The number of carbonyl (C=O) groups is 1. The Morgan fingerprint density at radius 3 is 3.10 bits per heavy atom. The van der Waals surface area contributed by atoms with Crippen LogP contribution in [0.4, 0.5) is 5.69 Å². The van der Waals surface area contributed by atoms with Crippen molar-refractivity contribution in [3.05, 3.63) is 24.0 Å². The summed E-state index contributed by atoms with van der Waals surface area (Å²) in [5.41, 5.74) is 1.46. The third-order valence-electron chi connectivity index (χ3n) is 3.90. The number of hydrogen-bond donors (Lipinski definition) is 2. The van der Waals surface area contributed by atoms with E-state index in [-0.39, 0.29) is 12.0 Å². The van der Waals surface area contributed by atoms with Crippen LogP contribution in [0.25, 0.3) is 0 Å². The molecule has 21 heavy (non-hydrogen) atoms. The van der Waals surface area contributed by atoms with E-state index in [4.69, 9.17) is 4.74 Å². The molecule has 1 fully saturated rings. The summed E-state index contributed by atoms with van der Waals surface area (Å²) < 4.78 is 5.65. The molecule has 1 aromatic rings. The Hall–Kier alpha value is -1.62. The van der Waals surface area contributed by atoms with Crippen LogP contribution in [0.3, 0.4) is 0 Å². The minimum absolute atomic E-state index is 0.0662. The highest BCUT2D eigenvalue weighted by molar-refractivity contribution is 5.99. The summed E-state index contributed by atoms with van der Waals surface area (Å²) in [6.45, 7) is 6.53. The molecule has 2 atom stereocenters. The molecule has 1 aromatic heterocycles. The van der Waals surface area contributed by atoms with Gasteiger partial charge in [0.2, 0.25) is 0 Å². The summed E-state index contributed by atoms with van der Waals surface area (Å²) in [5, 5.41) is 6.29. The lowest BCUT2D eigenvalue weighted by Gasteiger charge is -2.18. The van der Waals surface area contributed by atoms with E-state index in [0.29, 0.717) is 18.0 Å². The fourth-order valence-electron chi connectivity index (χ4n) is 2.69. The summed E-state index contributed by atoms with van der Waals surface area (Å²) in [6, 6.07) is 1.85. The number of rotatable bonds is 7. The first-order valence-corrected chi connectivity index (χ1v) is 7.83. The molecule has 1 amide bonds. The summed E-state index contributed by atoms with van der Waals surface area (Å²) in [6.07, 6.45) is 6.63. The van der Waals surface area contributed by atoms with Crippen LogP contribution in [0, 0.1) is 5.92 Å². The normalized spacial score (nSPS) is 21.2. The largest absolute Gasteiger partial charge is 0.384 e. The number of aromatic nitrogens is 1. The van der Waals surface area contributed by atoms with Crippen LogP contribution in [0.5, 0.6) is 0 Å². The van der Waals surface area contributed by atoms with E-state index in [1.165, 1.54) is 0 Å². The highest BCUT2D eigenvalue weighted by atomic mass is 16.5. The number of carbonyl (C=O) groups excluding carboxylic acids is 1. The second-order valence-electron chi connectivity index (χ2n) is 5.42. The van der Waals surface area contributed by atoms with Crippen molar-refractivity contribution in [2.75, 3.05) is 25.0 Å². The summed E-state index contributed by atoms with van der Waals surface area (Å²) in [5.74, 6) is 0.353. The summed E-state index contributed by atoms with van der Waals surface area (Å²) in [7, 11) is 0. The summed E-state index contributed by atoms with van der Waals surface area (Å²) >= 11 is 0. The Kier molecular flexibility index (Phi) is 5.99. The maximum atomic E-state index is 12.3. The molecular formula is C16H25N3O2. The molecule has 0 aliphatic carbocycles. The van der Waals surface area contributed by atoms with E-state index >= 15 is 0 Å². The Morgan fingerprint density at radius 1 is 1.48 bits per heavy atom. The molecule has 1 saturated heterocycles. The fourth-order valence-corrected chi connectivity index (χ4v) is 2.69. The molecule has 0 bridgehead atoms. The predicted molar refractivity (Wildman–Crippen MR) is 83.5 cm³/mol. The van der Waals surface area contributed by atoms with Crippen molar-refractivity contribution in [2.45, 2.75) is 39.2 Å². The molecule has 2 unspecified atom stereocenters. The predicted octanol–water partition coefficient (Wildman–Crippen LogP) is 2.45. The Bertz CT molecular complexity index is 465. The van der Waals surface area contributed by atoms with E-state index in [2.05, 4.69) is 29.5 Å². The van der Waals surface area contributed by atoms with Crippen molar-refractivity contribution in [1.29, 1.82) is 0 Å². The minimum atomic E-state index is -0.0662. The SMILES string of the molecule is CCCNc1ccncc1C(=O)NCC1CCOC1CC. The first-order chi connectivity index (χ1) is 10.3. The van der Waals surface area contributed by atoms with E-state index in [1.807, 2.05) is 6.07 Å². The van der Waals surface area contributed by atoms with Crippen LogP contribution in [0.1, 0.15) is 43.5 Å². The van der Waals surface area contributed by atoms with Crippen LogP contribution in [0.2, 0.25) is 0 Å². The first-order valence-electron chi connectivity index (χ1n) is 7.83. The van der Waals surface area contributed by atoms with Crippen molar-refractivity contribution in [3.8, 4) is 0 Å². The Morgan fingerprint density at radius 2 is 2.33 bits per heavy atom. The zero-order valence-corrected chi connectivity index (χ0v) is 12.9. The third kappa shape index (κ3) is 4.17. The second-order valence-corrected chi connectivity index (χ2v) is 5.42. The third-order valence-corrected chi connectivity index (χ3v) is 3.90. The summed E-state index contributed by atoms with van der Waals surface area (Å²) in [4.78, 5) is 16.4. The quantitative estimate of drug-likeness (QED) is 0.810. The number of anilines is 1. The molecule has 0 spiro atoms. The lowest BCUT2D eigenvalue weighted by atomic mass is 9.99. The van der Waals surface area contributed by atoms with Gasteiger partial charge in [-0.2, -0.15) is 0 Å². The number of amides is 1. The minimum Gasteiger partial charge on any atom is -0.384 e. The van der Waals surface area contributed by atoms with Crippen molar-refractivity contribution in [2.24, 2.45) is 5.92 Å². The van der Waals surface area contributed by atoms with Gasteiger partial charge in [0.1, 0.15) is 0 Å². The molecule has 0 saturated carbocycles. The monoisotopic (exact) mass is 291 g/mol. The molecular weight excluding hydrogens is 266 g/mol. The fraction of sp³-hybridized carbons (Fsp3) is 0.625. The molecule has 0 aromatic carbocycles. The molecule has 1 aliphatic heterocycles. The van der Waals surface area contributed by atoms with Crippen LogP contribution in [-0.4, -0.2) is 36.7 Å². The van der Waals surface area contributed by atoms with E-state index in [9.17, 15) is 4.79 Å². The molecule has 5 nitrogen and oxygen atoms in total. The average molecular weight is 291 g/mol. The zero-order valence-electron chi connectivity index (χ0n) is 12.9. The molecule has 1 aliphatic rings. The average Bonchev–Trinajstić information content (AvgIpc) is 2.98. The van der Waals surface area contributed by atoms with Gasteiger partial charge >= 0.3 is 0 Å². The highest BCUT2D eigenvalue weighted by Crippen LogP contribution is 2.22. The van der Waals surface area contributed by atoms with Crippen LogP contribution < -0.4 is 10.6 Å². The molecule has 2 N–H and O–H groups in total. The van der Waals surface area contributed by atoms with Crippen molar-refractivity contribution in [3.63, 3.8) is 0 Å². The molecule has 5 heteroatoms. The molecule has 2 rings (SSSR count). The molecule has 0 radical (unpaired) electrons. The first kappa shape index (κ1) is 15.8. The van der Waals surface area contributed by atoms with Crippen molar-refractivity contribution in [1.82, 2.24) is 10.3 Å². The van der Waals surface area contributed by atoms with Gasteiger partial charge in [-0.25, -0.2) is 0 Å². The lowest BCUT2D eigenvalue weighted by Crippen LogP contribution is -2.33. The Labute approximate surface area is 126 Å².